The first kappa shape index (κ1) is 16.1. The number of ether oxygens (including phenoxy) is 1. The molecular formula is C12H17F2N3O3. The maximum atomic E-state index is 13.1. The van der Waals surface area contributed by atoms with Gasteiger partial charge < -0.3 is 15.0 Å². The van der Waals surface area contributed by atoms with Gasteiger partial charge in [0.05, 0.1) is 12.6 Å². The van der Waals surface area contributed by atoms with Gasteiger partial charge in [0.15, 0.2) is 6.61 Å². The van der Waals surface area contributed by atoms with Gasteiger partial charge in [0, 0.05) is 12.0 Å². The predicted molar refractivity (Wildman–Crippen MR) is 64.9 cm³/mol. The van der Waals surface area contributed by atoms with E-state index in [1.807, 2.05) is 0 Å². The van der Waals surface area contributed by atoms with E-state index in [9.17, 15) is 18.4 Å². The van der Waals surface area contributed by atoms with Crippen molar-refractivity contribution in [1.29, 1.82) is 5.26 Å². The zero-order valence-corrected chi connectivity index (χ0v) is 11.6. The van der Waals surface area contributed by atoms with Gasteiger partial charge in [0.2, 0.25) is 0 Å². The van der Waals surface area contributed by atoms with Gasteiger partial charge in [-0.25, -0.2) is 13.6 Å². The second-order valence-corrected chi connectivity index (χ2v) is 5.68. The molecule has 1 aliphatic rings. The number of carbonyl (C=O) groups excluding carboxylic acids is 2. The number of nitrogens with one attached hydrogen (secondary N) is 1. The molecule has 0 saturated carbocycles. The molecule has 1 fully saturated rings. The smallest absolute Gasteiger partial charge is 0.408 e. The third-order valence-electron chi connectivity index (χ3n) is 2.54. The van der Waals surface area contributed by atoms with Crippen LogP contribution < -0.4 is 5.32 Å². The Hall–Kier alpha value is -1.91. The first-order valence-corrected chi connectivity index (χ1v) is 6.06. The number of nitriles is 1. The van der Waals surface area contributed by atoms with Crippen LogP contribution in [0.4, 0.5) is 13.6 Å². The van der Waals surface area contributed by atoms with Gasteiger partial charge in [-0.3, -0.25) is 4.79 Å². The van der Waals surface area contributed by atoms with Crippen molar-refractivity contribution in [3.63, 3.8) is 0 Å². The monoisotopic (exact) mass is 289 g/mol. The lowest BCUT2D eigenvalue weighted by Gasteiger charge is -2.21. The third kappa shape index (κ3) is 4.64. The van der Waals surface area contributed by atoms with Crippen LogP contribution in [0.15, 0.2) is 0 Å². The van der Waals surface area contributed by atoms with Crippen LogP contribution in [-0.4, -0.2) is 47.6 Å². The zero-order chi connectivity index (χ0) is 15.6. The summed E-state index contributed by atoms with van der Waals surface area (Å²) in [6.07, 6.45) is -1.51. The van der Waals surface area contributed by atoms with E-state index in [4.69, 9.17) is 5.26 Å². The van der Waals surface area contributed by atoms with Crippen molar-refractivity contribution in [2.45, 2.75) is 44.7 Å². The maximum Gasteiger partial charge on any atom is 0.408 e. The number of halogens is 2. The minimum atomic E-state index is -3.08. The second-order valence-electron chi connectivity index (χ2n) is 5.68. The summed E-state index contributed by atoms with van der Waals surface area (Å²) in [5.74, 6) is -3.89. The number of amides is 2. The van der Waals surface area contributed by atoms with E-state index in [1.54, 1.807) is 26.8 Å². The summed E-state index contributed by atoms with van der Waals surface area (Å²) in [7, 11) is 0. The second kappa shape index (κ2) is 5.61. The Kier molecular flexibility index (Phi) is 4.53. The highest BCUT2D eigenvalue weighted by molar-refractivity contribution is 5.81. The molecule has 0 unspecified atom stereocenters. The quantitative estimate of drug-likeness (QED) is 0.830. The molecule has 8 heteroatoms. The van der Waals surface area contributed by atoms with Crippen molar-refractivity contribution in [2.75, 3.05) is 13.2 Å². The molecule has 20 heavy (non-hydrogen) atoms. The highest BCUT2D eigenvalue weighted by Crippen LogP contribution is 2.31. The highest BCUT2D eigenvalue weighted by Gasteiger charge is 2.47. The Balaban J connectivity index is 2.51. The van der Waals surface area contributed by atoms with E-state index < -0.39 is 49.1 Å². The number of alkyl carbamates (subject to hydrolysis) is 1. The van der Waals surface area contributed by atoms with Gasteiger partial charge in [0.1, 0.15) is 6.04 Å². The Labute approximate surface area is 115 Å². The van der Waals surface area contributed by atoms with Gasteiger partial charge >= 0.3 is 6.09 Å². The number of alkyl halides is 2. The fourth-order valence-corrected chi connectivity index (χ4v) is 1.75. The summed E-state index contributed by atoms with van der Waals surface area (Å²) in [5, 5.41) is 11.2. The molecule has 0 spiro atoms. The zero-order valence-electron chi connectivity index (χ0n) is 11.6. The largest absolute Gasteiger partial charge is 0.439 e. The highest BCUT2D eigenvalue weighted by atomic mass is 19.3. The van der Waals surface area contributed by atoms with Crippen molar-refractivity contribution in [1.82, 2.24) is 10.2 Å². The average Bonchev–Trinajstić information content (AvgIpc) is 2.59. The maximum absolute atomic E-state index is 13.1. The topological polar surface area (TPSA) is 82.4 Å². The summed E-state index contributed by atoms with van der Waals surface area (Å²) in [4.78, 5) is 23.8. The molecule has 0 radical (unpaired) electrons. The summed E-state index contributed by atoms with van der Waals surface area (Å²) in [6.45, 7) is 3.68. The van der Waals surface area contributed by atoms with Crippen molar-refractivity contribution in [3.8, 4) is 6.07 Å². The van der Waals surface area contributed by atoms with Crippen molar-refractivity contribution in [2.24, 2.45) is 0 Å². The van der Waals surface area contributed by atoms with Crippen LogP contribution in [0.5, 0.6) is 0 Å². The molecule has 0 bridgehead atoms. The van der Waals surface area contributed by atoms with Crippen molar-refractivity contribution in [3.05, 3.63) is 0 Å². The summed E-state index contributed by atoms with van der Waals surface area (Å²) in [6, 6.07) is 0.457. The molecular weight excluding hydrogens is 272 g/mol. The van der Waals surface area contributed by atoms with Crippen LogP contribution in [0.25, 0.3) is 0 Å². The standard InChI is InChI=1S/C12H17F2N3O3/c1-11(2,3)16-10(19)20-6-9(18)17-7-12(13,14)4-8(17)5-15/h8H,4,6-7H2,1-3H3,(H,16,19)/t8-/m0/s1. The van der Waals surface area contributed by atoms with Gasteiger partial charge in [-0.2, -0.15) is 5.26 Å². The summed E-state index contributed by atoms with van der Waals surface area (Å²) >= 11 is 0. The molecule has 0 aromatic carbocycles. The van der Waals surface area contributed by atoms with E-state index >= 15 is 0 Å². The van der Waals surface area contributed by atoms with E-state index in [0.29, 0.717) is 0 Å². The first-order chi connectivity index (χ1) is 9.04. The fourth-order valence-electron chi connectivity index (χ4n) is 1.75. The third-order valence-corrected chi connectivity index (χ3v) is 2.54. The Morgan fingerprint density at radius 2 is 2.10 bits per heavy atom. The molecule has 2 amide bonds. The van der Waals surface area contributed by atoms with Gasteiger partial charge in [-0.05, 0) is 20.8 Å². The molecule has 1 aliphatic heterocycles. The fraction of sp³-hybridized carbons (Fsp3) is 0.750. The van der Waals surface area contributed by atoms with Crippen LogP contribution in [0.2, 0.25) is 0 Å². The van der Waals surface area contributed by atoms with E-state index in [-0.39, 0.29) is 0 Å². The van der Waals surface area contributed by atoms with E-state index in [1.165, 1.54) is 0 Å². The lowest BCUT2D eigenvalue weighted by Crippen LogP contribution is -2.43. The minimum absolute atomic E-state index is 0.532. The van der Waals surface area contributed by atoms with Crippen LogP contribution in [0.1, 0.15) is 27.2 Å². The lowest BCUT2D eigenvalue weighted by atomic mass is 10.1. The first-order valence-electron chi connectivity index (χ1n) is 6.06. The predicted octanol–water partition coefficient (Wildman–Crippen LogP) is 1.27. The number of rotatable bonds is 2. The minimum Gasteiger partial charge on any atom is -0.439 e. The molecule has 1 saturated heterocycles. The molecule has 1 N–H and O–H groups in total. The lowest BCUT2D eigenvalue weighted by molar-refractivity contribution is -0.135. The van der Waals surface area contributed by atoms with Crippen molar-refractivity contribution < 1.29 is 23.1 Å². The molecule has 6 nitrogen and oxygen atoms in total. The van der Waals surface area contributed by atoms with Gasteiger partial charge in [-0.1, -0.05) is 0 Å². The van der Waals surface area contributed by atoms with Crippen LogP contribution >= 0.6 is 0 Å². The molecule has 0 aromatic heterocycles. The van der Waals surface area contributed by atoms with E-state index in [0.717, 1.165) is 4.90 Å². The molecule has 0 aliphatic carbocycles. The Morgan fingerprint density at radius 3 is 2.60 bits per heavy atom. The molecule has 0 aromatic rings. The van der Waals surface area contributed by atoms with Crippen molar-refractivity contribution >= 4 is 12.0 Å². The number of hydrogen-bond donors (Lipinski definition) is 1. The number of likely N-dealkylation sites (tertiary alicyclic amines) is 1. The van der Waals surface area contributed by atoms with Crippen LogP contribution in [-0.2, 0) is 9.53 Å². The Bertz CT molecular complexity index is 440. The molecule has 112 valence electrons. The van der Waals surface area contributed by atoms with E-state index in [2.05, 4.69) is 10.1 Å². The summed E-state index contributed by atoms with van der Waals surface area (Å²) < 4.78 is 31.0. The molecule has 1 rings (SSSR count). The van der Waals surface area contributed by atoms with Crippen LogP contribution in [0, 0.1) is 11.3 Å². The average molecular weight is 289 g/mol. The van der Waals surface area contributed by atoms with Gasteiger partial charge in [0.25, 0.3) is 11.8 Å². The Morgan fingerprint density at radius 1 is 1.50 bits per heavy atom. The normalized spacial score (nSPS) is 21.2. The van der Waals surface area contributed by atoms with Gasteiger partial charge in [-0.15, -0.1) is 0 Å². The molecule has 1 heterocycles. The summed E-state index contributed by atoms with van der Waals surface area (Å²) in [5.41, 5.74) is -0.532. The van der Waals surface area contributed by atoms with Crippen LogP contribution in [0.3, 0.4) is 0 Å². The number of nitrogens with zero attached hydrogens (tertiary/aromatic N) is 2. The molecule has 1 atom stereocenters. The SMILES string of the molecule is CC(C)(C)NC(=O)OCC(=O)N1CC(F)(F)C[C@H]1C#N. The number of hydrogen-bond acceptors (Lipinski definition) is 4. The number of carbonyl (C=O) groups is 2.